The summed E-state index contributed by atoms with van der Waals surface area (Å²) in [5.74, 6) is -0.891. The first kappa shape index (κ1) is 19.1. The summed E-state index contributed by atoms with van der Waals surface area (Å²) in [4.78, 5) is 11.8. The van der Waals surface area contributed by atoms with Gasteiger partial charge in [0, 0.05) is 0 Å². The van der Waals surface area contributed by atoms with Gasteiger partial charge in [-0.15, -0.1) is 0 Å². The molecule has 1 aromatic carbocycles. The second-order valence-corrected chi connectivity index (χ2v) is 7.03. The molecule has 1 saturated heterocycles. The van der Waals surface area contributed by atoms with Gasteiger partial charge in [-0.05, 0) is 45.3 Å². The number of nitrogens with one attached hydrogen (secondary N) is 1. The second-order valence-electron chi connectivity index (χ2n) is 6.63. The molecule has 0 radical (unpaired) electrons. The third-order valence-corrected chi connectivity index (χ3v) is 4.53. The molecule has 0 aliphatic carbocycles. The van der Waals surface area contributed by atoms with E-state index in [0.29, 0.717) is 5.46 Å². The summed E-state index contributed by atoms with van der Waals surface area (Å²) in [5.41, 5.74) is -0.521. The lowest BCUT2D eigenvalue weighted by molar-refractivity contribution is -0.123. The van der Waals surface area contributed by atoms with Crippen molar-refractivity contribution in [1.29, 1.82) is 0 Å². The van der Waals surface area contributed by atoms with E-state index >= 15 is 0 Å². The quantitative estimate of drug-likeness (QED) is 0.840. The van der Waals surface area contributed by atoms with Gasteiger partial charge in [0.15, 0.2) is 0 Å². The van der Waals surface area contributed by atoms with E-state index in [4.69, 9.17) is 20.9 Å². The molecule has 4 nitrogen and oxygen atoms in total. The van der Waals surface area contributed by atoms with Crippen LogP contribution in [0.25, 0.3) is 0 Å². The van der Waals surface area contributed by atoms with Crippen LogP contribution in [0.4, 0.5) is 13.2 Å². The highest BCUT2D eigenvalue weighted by atomic mass is 35.5. The molecule has 1 heterocycles. The first-order valence-electron chi connectivity index (χ1n) is 7.32. The van der Waals surface area contributed by atoms with Crippen LogP contribution in [0.15, 0.2) is 18.2 Å². The van der Waals surface area contributed by atoms with Crippen LogP contribution in [-0.2, 0) is 9.31 Å². The van der Waals surface area contributed by atoms with Crippen LogP contribution in [0.5, 0.6) is 0 Å². The number of hydrogen-bond acceptors (Lipinski definition) is 3. The number of halogens is 4. The van der Waals surface area contributed by atoms with Crippen molar-refractivity contribution in [3.63, 3.8) is 0 Å². The van der Waals surface area contributed by atoms with E-state index in [1.165, 1.54) is 12.1 Å². The summed E-state index contributed by atoms with van der Waals surface area (Å²) in [6, 6.07) is 4.37. The number of alkyl halides is 3. The number of hydrogen-bond donors (Lipinski definition) is 1. The van der Waals surface area contributed by atoms with E-state index in [2.05, 4.69) is 0 Å². The van der Waals surface area contributed by atoms with Crippen LogP contribution in [-0.4, -0.2) is 36.9 Å². The molecular formula is C15H18BClF3NO3. The van der Waals surface area contributed by atoms with Gasteiger partial charge in [-0.2, -0.15) is 13.2 Å². The molecule has 0 unspecified atom stereocenters. The maximum Gasteiger partial charge on any atom is 0.494 e. The Hall–Kier alpha value is -1.25. The predicted molar refractivity (Wildman–Crippen MR) is 85.6 cm³/mol. The third kappa shape index (κ3) is 4.04. The van der Waals surface area contributed by atoms with Gasteiger partial charge in [0.05, 0.1) is 21.8 Å². The lowest BCUT2D eigenvalue weighted by atomic mass is 9.79. The minimum atomic E-state index is -4.48. The van der Waals surface area contributed by atoms with Gasteiger partial charge in [0.25, 0.3) is 5.91 Å². The summed E-state index contributed by atoms with van der Waals surface area (Å²) in [6.07, 6.45) is -4.48. The summed E-state index contributed by atoms with van der Waals surface area (Å²) in [7, 11) is -0.667. The molecular weight excluding hydrogens is 345 g/mol. The number of benzene rings is 1. The predicted octanol–water partition coefficient (Wildman–Crippen LogP) is 2.93. The van der Waals surface area contributed by atoms with E-state index in [-0.39, 0.29) is 10.6 Å². The molecule has 2 rings (SSSR count). The van der Waals surface area contributed by atoms with Crippen LogP contribution in [0.3, 0.4) is 0 Å². The highest BCUT2D eigenvalue weighted by Gasteiger charge is 2.51. The summed E-state index contributed by atoms with van der Waals surface area (Å²) in [6.45, 7) is 6.17. The Morgan fingerprint density at radius 3 is 2.21 bits per heavy atom. The molecule has 0 aromatic heterocycles. The average Bonchev–Trinajstić information content (AvgIpc) is 2.64. The molecule has 9 heteroatoms. The van der Waals surface area contributed by atoms with E-state index in [9.17, 15) is 18.0 Å². The van der Waals surface area contributed by atoms with Crippen molar-refractivity contribution in [3.8, 4) is 0 Å². The van der Waals surface area contributed by atoms with Gasteiger partial charge >= 0.3 is 13.3 Å². The van der Waals surface area contributed by atoms with Gasteiger partial charge in [0.2, 0.25) is 0 Å². The van der Waals surface area contributed by atoms with Crippen molar-refractivity contribution in [1.82, 2.24) is 5.32 Å². The molecule has 0 atom stereocenters. The Labute approximate surface area is 143 Å². The first-order valence-corrected chi connectivity index (χ1v) is 7.70. The topological polar surface area (TPSA) is 47.6 Å². The average molecular weight is 364 g/mol. The van der Waals surface area contributed by atoms with Gasteiger partial charge in [-0.1, -0.05) is 17.7 Å². The lowest BCUT2D eigenvalue weighted by Crippen LogP contribution is -2.41. The molecule has 0 saturated carbocycles. The number of carbonyl (C=O) groups excluding carboxylic acids is 1. The Bertz CT molecular complexity index is 633. The zero-order chi connectivity index (χ0) is 18.3. The normalized spacial score (nSPS) is 19.4. The second kappa shape index (κ2) is 6.24. The maximum absolute atomic E-state index is 12.2. The van der Waals surface area contributed by atoms with E-state index in [1.54, 1.807) is 11.4 Å². The van der Waals surface area contributed by atoms with Crippen LogP contribution in [0.2, 0.25) is 5.02 Å². The molecule has 24 heavy (non-hydrogen) atoms. The monoisotopic (exact) mass is 363 g/mol. The highest BCUT2D eigenvalue weighted by Crippen LogP contribution is 2.36. The fourth-order valence-corrected chi connectivity index (χ4v) is 2.39. The molecule has 1 amide bonds. The van der Waals surface area contributed by atoms with Crippen molar-refractivity contribution in [2.24, 2.45) is 0 Å². The van der Waals surface area contributed by atoms with Crippen molar-refractivity contribution in [2.45, 2.75) is 45.1 Å². The third-order valence-electron chi connectivity index (χ3n) is 4.21. The minimum absolute atomic E-state index is 0.0295. The first-order chi connectivity index (χ1) is 10.8. The maximum atomic E-state index is 12.2. The number of carbonyl (C=O) groups is 1. The molecule has 1 aliphatic rings. The van der Waals surface area contributed by atoms with Crippen molar-refractivity contribution in [2.75, 3.05) is 6.54 Å². The van der Waals surface area contributed by atoms with E-state index < -0.39 is 36.9 Å². The van der Waals surface area contributed by atoms with Crippen molar-refractivity contribution < 1.29 is 27.3 Å². The lowest BCUT2D eigenvalue weighted by Gasteiger charge is -2.32. The Kier molecular flexibility index (Phi) is 4.96. The van der Waals surface area contributed by atoms with Crippen LogP contribution < -0.4 is 10.8 Å². The molecule has 132 valence electrons. The Balaban J connectivity index is 2.15. The SMILES string of the molecule is CC1(C)OB(c2ccc(C(=O)NCC(F)(F)F)c(Cl)c2)OC1(C)C. The smallest absolute Gasteiger partial charge is 0.399 e. The minimum Gasteiger partial charge on any atom is -0.399 e. The molecule has 0 bridgehead atoms. The van der Waals surface area contributed by atoms with E-state index in [0.717, 1.165) is 0 Å². The largest absolute Gasteiger partial charge is 0.494 e. The molecule has 1 fully saturated rings. The van der Waals surface area contributed by atoms with Gasteiger partial charge in [-0.3, -0.25) is 4.79 Å². The molecule has 1 aromatic rings. The standard InChI is InChI=1S/C15H18BClF3NO3/c1-13(2)14(3,4)24-16(23-13)9-5-6-10(11(17)7-9)12(22)21-8-15(18,19)20/h5-7H,8H2,1-4H3,(H,21,22). The van der Waals surface area contributed by atoms with Gasteiger partial charge in [0.1, 0.15) is 6.54 Å². The summed E-state index contributed by atoms with van der Waals surface area (Å²) >= 11 is 6.04. The Morgan fingerprint density at radius 1 is 1.21 bits per heavy atom. The summed E-state index contributed by atoms with van der Waals surface area (Å²) in [5, 5.41) is 1.81. The van der Waals surface area contributed by atoms with Crippen molar-refractivity contribution in [3.05, 3.63) is 28.8 Å². The summed E-state index contributed by atoms with van der Waals surface area (Å²) < 4.78 is 48.2. The van der Waals surface area contributed by atoms with Gasteiger partial charge in [-0.25, -0.2) is 0 Å². The number of rotatable bonds is 3. The zero-order valence-corrected chi connectivity index (χ0v) is 14.5. The zero-order valence-electron chi connectivity index (χ0n) is 13.8. The molecule has 1 N–H and O–H groups in total. The fraction of sp³-hybridized carbons (Fsp3) is 0.533. The van der Waals surface area contributed by atoms with Gasteiger partial charge < -0.3 is 14.6 Å². The highest BCUT2D eigenvalue weighted by molar-refractivity contribution is 6.62. The fourth-order valence-electron chi connectivity index (χ4n) is 2.12. The van der Waals surface area contributed by atoms with Crippen molar-refractivity contribution >= 4 is 30.1 Å². The number of amides is 1. The van der Waals surface area contributed by atoms with E-state index in [1.807, 2.05) is 27.7 Å². The van der Waals surface area contributed by atoms with Crippen LogP contribution in [0.1, 0.15) is 38.1 Å². The van der Waals surface area contributed by atoms with Crippen LogP contribution >= 0.6 is 11.6 Å². The molecule has 0 spiro atoms. The molecule has 1 aliphatic heterocycles. The van der Waals surface area contributed by atoms with Crippen LogP contribution in [0, 0.1) is 0 Å². The Morgan fingerprint density at radius 2 is 1.75 bits per heavy atom.